The average Bonchev–Trinajstić information content (AvgIpc) is 2.23. The minimum absolute atomic E-state index is 0.339. The van der Waals surface area contributed by atoms with Crippen LogP contribution in [0.2, 0.25) is 0 Å². The third-order valence-electron chi connectivity index (χ3n) is 4.21. The zero-order valence-electron chi connectivity index (χ0n) is 11.5. The zero-order chi connectivity index (χ0) is 13.1. The molecule has 0 radical (unpaired) electrons. The molecule has 0 bridgehead atoms. The van der Waals surface area contributed by atoms with Crippen molar-refractivity contribution < 1.29 is 14.6 Å². The third kappa shape index (κ3) is 4.30. The Hall–Kier alpha value is -0.570. The molecule has 17 heavy (non-hydrogen) atoms. The first-order chi connectivity index (χ1) is 7.83. The third-order valence-corrected chi connectivity index (χ3v) is 4.21. The molecule has 0 aromatic carbocycles. The number of carboxylic acid groups (broad SMARTS) is 1. The normalized spacial score (nSPS) is 30.2. The number of hydrogen-bond donors (Lipinski definition) is 1. The van der Waals surface area contributed by atoms with Crippen molar-refractivity contribution in [3.8, 4) is 0 Å². The lowest BCUT2D eigenvalue weighted by Gasteiger charge is -2.32. The van der Waals surface area contributed by atoms with Crippen LogP contribution in [0.25, 0.3) is 0 Å². The topological polar surface area (TPSA) is 46.5 Å². The highest BCUT2D eigenvalue weighted by molar-refractivity contribution is 5.73. The molecule has 0 heterocycles. The van der Waals surface area contributed by atoms with Gasteiger partial charge in [0.25, 0.3) is 0 Å². The van der Waals surface area contributed by atoms with Crippen LogP contribution in [0.3, 0.4) is 0 Å². The maximum Gasteiger partial charge on any atom is 0.309 e. The molecule has 1 fully saturated rings. The Morgan fingerprint density at radius 1 is 1.29 bits per heavy atom. The van der Waals surface area contributed by atoms with E-state index >= 15 is 0 Å². The monoisotopic (exact) mass is 242 g/mol. The van der Waals surface area contributed by atoms with Gasteiger partial charge in [-0.05, 0) is 51.4 Å². The molecule has 1 aliphatic rings. The fraction of sp³-hybridized carbons (Fsp3) is 0.929. The molecule has 100 valence electrons. The van der Waals surface area contributed by atoms with E-state index in [9.17, 15) is 4.79 Å². The van der Waals surface area contributed by atoms with Gasteiger partial charge in [0.2, 0.25) is 0 Å². The summed E-state index contributed by atoms with van der Waals surface area (Å²) in [7, 11) is 0. The van der Waals surface area contributed by atoms with Crippen LogP contribution in [-0.2, 0) is 9.53 Å². The largest absolute Gasteiger partial charge is 0.481 e. The first-order valence-electron chi connectivity index (χ1n) is 6.68. The zero-order valence-corrected chi connectivity index (χ0v) is 11.5. The number of hydrogen-bond acceptors (Lipinski definition) is 2. The number of aliphatic carboxylic acids is 1. The van der Waals surface area contributed by atoms with Crippen molar-refractivity contribution in [2.24, 2.45) is 17.3 Å². The van der Waals surface area contributed by atoms with Gasteiger partial charge in [-0.25, -0.2) is 0 Å². The Morgan fingerprint density at radius 2 is 1.94 bits per heavy atom. The number of carbonyl (C=O) groups is 1. The maximum atomic E-state index is 10.9. The molecular formula is C14H26O3. The smallest absolute Gasteiger partial charge is 0.309 e. The van der Waals surface area contributed by atoms with E-state index in [0.29, 0.717) is 19.1 Å². The maximum absolute atomic E-state index is 10.9. The van der Waals surface area contributed by atoms with Gasteiger partial charge in [-0.15, -0.1) is 0 Å². The molecule has 0 aromatic rings. The highest BCUT2D eigenvalue weighted by Gasteiger charge is 2.28. The van der Waals surface area contributed by atoms with Crippen LogP contribution in [0, 0.1) is 17.3 Å². The van der Waals surface area contributed by atoms with E-state index in [4.69, 9.17) is 9.84 Å². The lowest BCUT2D eigenvalue weighted by Crippen LogP contribution is -2.30. The summed E-state index contributed by atoms with van der Waals surface area (Å²) in [6, 6.07) is 0. The van der Waals surface area contributed by atoms with Gasteiger partial charge in [-0.2, -0.15) is 0 Å². The predicted octanol–water partition coefficient (Wildman–Crippen LogP) is 3.33. The molecule has 0 aromatic heterocycles. The molecule has 0 saturated heterocycles. The van der Waals surface area contributed by atoms with Gasteiger partial charge >= 0.3 is 5.97 Å². The molecule has 3 unspecified atom stereocenters. The van der Waals surface area contributed by atoms with Crippen molar-refractivity contribution in [2.45, 2.75) is 59.5 Å². The van der Waals surface area contributed by atoms with Crippen LogP contribution in [-0.4, -0.2) is 23.8 Å². The summed E-state index contributed by atoms with van der Waals surface area (Å²) in [5.74, 6) is 0.776. The van der Waals surface area contributed by atoms with Crippen molar-refractivity contribution in [1.29, 1.82) is 0 Å². The van der Waals surface area contributed by atoms with E-state index in [1.54, 1.807) is 13.8 Å². The number of ether oxygens (including phenoxy) is 1. The molecule has 0 spiro atoms. The summed E-state index contributed by atoms with van der Waals surface area (Å²) in [4.78, 5) is 10.9. The second-order valence-electron chi connectivity index (χ2n) is 6.20. The van der Waals surface area contributed by atoms with E-state index in [1.165, 1.54) is 6.42 Å². The van der Waals surface area contributed by atoms with Gasteiger partial charge in [-0.3, -0.25) is 4.79 Å². The SMILES string of the molecule is CC1CCC(OCCC(C)(C)C(=O)O)CC1C. The molecule has 3 nitrogen and oxygen atoms in total. The minimum Gasteiger partial charge on any atom is -0.481 e. The highest BCUT2D eigenvalue weighted by atomic mass is 16.5. The van der Waals surface area contributed by atoms with Crippen molar-refractivity contribution in [3.05, 3.63) is 0 Å². The lowest BCUT2D eigenvalue weighted by atomic mass is 9.80. The summed E-state index contributed by atoms with van der Waals surface area (Å²) in [5.41, 5.74) is -0.673. The van der Waals surface area contributed by atoms with Crippen molar-refractivity contribution in [3.63, 3.8) is 0 Å². The molecule has 0 amide bonds. The van der Waals surface area contributed by atoms with Crippen LogP contribution >= 0.6 is 0 Å². The lowest BCUT2D eigenvalue weighted by molar-refractivity contribution is -0.148. The first kappa shape index (κ1) is 14.5. The highest BCUT2D eigenvalue weighted by Crippen LogP contribution is 2.31. The summed E-state index contributed by atoms with van der Waals surface area (Å²) in [5, 5.41) is 9.00. The molecular weight excluding hydrogens is 216 g/mol. The summed E-state index contributed by atoms with van der Waals surface area (Å²) in [6.07, 6.45) is 4.40. The second-order valence-corrected chi connectivity index (χ2v) is 6.20. The summed E-state index contributed by atoms with van der Waals surface area (Å²) < 4.78 is 5.82. The fourth-order valence-corrected chi connectivity index (χ4v) is 2.24. The Kier molecular flexibility index (Phi) is 4.99. The predicted molar refractivity (Wildman–Crippen MR) is 68.0 cm³/mol. The number of carboxylic acids is 1. The van der Waals surface area contributed by atoms with Crippen LogP contribution in [0.5, 0.6) is 0 Å². The van der Waals surface area contributed by atoms with Gasteiger partial charge in [0.05, 0.1) is 11.5 Å². The second kappa shape index (κ2) is 5.85. The Balaban J connectivity index is 2.26. The van der Waals surface area contributed by atoms with Gasteiger partial charge < -0.3 is 9.84 Å². The molecule has 1 N–H and O–H groups in total. The Bertz CT molecular complexity index is 260. The Morgan fingerprint density at radius 3 is 2.47 bits per heavy atom. The van der Waals surface area contributed by atoms with Gasteiger partial charge in [0.15, 0.2) is 0 Å². The van der Waals surface area contributed by atoms with Gasteiger partial charge in [0, 0.05) is 6.61 Å². The van der Waals surface area contributed by atoms with Crippen LogP contribution in [0.15, 0.2) is 0 Å². The van der Waals surface area contributed by atoms with E-state index in [2.05, 4.69) is 13.8 Å². The van der Waals surface area contributed by atoms with Crippen molar-refractivity contribution in [1.82, 2.24) is 0 Å². The molecule has 3 atom stereocenters. The fourth-order valence-electron chi connectivity index (χ4n) is 2.24. The van der Waals surface area contributed by atoms with Crippen LogP contribution < -0.4 is 0 Å². The molecule has 3 heteroatoms. The molecule has 0 aliphatic heterocycles. The quantitative estimate of drug-likeness (QED) is 0.804. The van der Waals surface area contributed by atoms with Crippen molar-refractivity contribution >= 4 is 5.97 Å². The van der Waals surface area contributed by atoms with Crippen LogP contribution in [0.4, 0.5) is 0 Å². The van der Waals surface area contributed by atoms with E-state index in [-0.39, 0.29) is 0 Å². The Labute approximate surface area is 105 Å². The van der Waals surface area contributed by atoms with E-state index < -0.39 is 11.4 Å². The average molecular weight is 242 g/mol. The van der Waals surface area contributed by atoms with Crippen molar-refractivity contribution in [2.75, 3.05) is 6.61 Å². The van der Waals surface area contributed by atoms with Gasteiger partial charge in [0.1, 0.15) is 0 Å². The van der Waals surface area contributed by atoms with E-state index in [0.717, 1.165) is 24.7 Å². The van der Waals surface area contributed by atoms with E-state index in [1.807, 2.05) is 0 Å². The van der Waals surface area contributed by atoms with Crippen LogP contribution in [0.1, 0.15) is 53.4 Å². The van der Waals surface area contributed by atoms with Gasteiger partial charge in [-0.1, -0.05) is 13.8 Å². The summed E-state index contributed by atoms with van der Waals surface area (Å²) >= 11 is 0. The number of rotatable bonds is 5. The molecule has 1 aliphatic carbocycles. The molecule has 1 saturated carbocycles. The standard InChI is InChI=1S/C14H26O3/c1-10-5-6-12(9-11(10)2)17-8-7-14(3,4)13(15)16/h10-12H,5-9H2,1-4H3,(H,15,16). The molecule has 1 rings (SSSR count). The summed E-state index contributed by atoms with van der Waals surface area (Å²) in [6.45, 7) is 8.65. The minimum atomic E-state index is -0.744. The first-order valence-corrected chi connectivity index (χ1v) is 6.68.